The van der Waals surface area contributed by atoms with Crippen LogP contribution >= 0.6 is 11.3 Å². The number of aliphatic carboxylic acids is 1. The lowest BCUT2D eigenvalue weighted by molar-refractivity contribution is -0.131. The van der Waals surface area contributed by atoms with Crippen molar-refractivity contribution in [2.75, 3.05) is 6.54 Å². The number of carbonyl (C=O) groups is 2. The van der Waals surface area contributed by atoms with Crippen molar-refractivity contribution in [3.8, 4) is 0 Å². The molecule has 18 heavy (non-hydrogen) atoms. The minimum Gasteiger partial charge on any atom is -0.478 e. The van der Waals surface area contributed by atoms with Crippen LogP contribution in [0.25, 0.3) is 6.08 Å². The van der Waals surface area contributed by atoms with E-state index >= 15 is 0 Å². The summed E-state index contributed by atoms with van der Waals surface area (Å²) in [7, 11) is 0. The van der Waals surface area contributed by atoms with Gasteiger partial charge in [-0.05, 0) is 43.9 Å². The van der Waals surface area contributed by atoms with Gasteiger partial charge < -0.3 is 10.0 Å². The molecular weight excluding hydrogens is 250 g/mol. The molecule has 1 aromatic rings. The predicted octanol–water partition coefficient (Wildman–Crippen LogP) is 2.72. The summed E-state index contributed by atoms with van der Waals surface area (Å²) in [5, 5.41) is 10.4. The van der Waals surface area contributed by atoms with Gasteiger partial charge in [0.05, 0.1) is 4.88 Å². The molecule has 0 atom stereocenters. The zero-order valence-electron chi connectivity index (χ0n) is 10.7. The van der Waals surface area contributed by atoms with Crippen molar-refractivity contribution in [2.45, 2.75) is 26.8 Å². The van der Waals surface area contributed by atoms with E-state index in [4.69, 9.17) is 5.11 Å². The predicted molar refractivity (Wildman–Crippen MR) is 72.8 cm³/mol. The molecule has 0 saturated heterocycles. The van der Waals surface area contributed by atoms with Gasteiger partial charge in [0.1, 0.15) is 0 Å². The quantitative estimate of drug-likeness (QED) is 0.834. The Kier molecular flexibility index (Phi) is 5.09. The first-order valence-electron chi connectivity index (χ1n) is 5.76. The number of hydrogen-bond donors (Lipinski definition) is 1. The number of carboxylic acid groups (broad SMARTS) is 1. The number of hydrogen-bond acceptors (Lipinski definition) is 3. The van der Waals surface area contributed by atoms with Crippen LogP contribution in [-0.2, 0) is 4.79 Å². The first-order valence-corrected chi connectivity index (χ1v) is 6.64. The van der Waals surface area contributed by atoms with Crippen molar-refractivity contribution in [1.82, 2.24) is 4.90 Å². The number of amides is 1. The van der Waals surface area contributed by atoms with E-state index in [0.29, 0.717) is 17.0 Å². The van der Waals surface area contributed by atoms with Gasteiger partial charge in [-0.3, -0.25) is 4.79 Å². The Labute approximate surface area is 111 Å². The van der Waals surface area contributed by atoms with Gasteiger partial charge in [0, 0.05) is 18.7 Å². The van der Waals surface area contributed by atoms with Crippen LogP contribution in [0.1, 0.15) is 36.0 Å². The van der Waals surface area contributed by atoms with E-state index in [-0.39, 0.29) is 11.9 Å². The van der Waals surface area contributed by atoms with E-state index in [1.54, 1.807) is 16.3 Å². The maximum atomic E-state index is 12.3. The monoisotopic (exact) mass is 267 g/mol. The molecule has 4 nitrogen and oxygen atoms in total. The highest BCUT2D eigenvalue weighted by Gasteiger charge is 2.20. The molecule has 1 amide bonds. The van der Waals surface area contributed by atoms with Gasteiger partial charge in [0.2, 0.25) is 0 Å². The molecule has 0 aliphatic carbocycles. The smallest absolute Gasteiger partial charge is 0.328 e. The molecule has 98 valence electrons. The summed E-state index contributed by atoms with van der Waals surface area (Å²) < 4.78 is 0. The van der Waals surface area contributed by atoms with Crippen LogP contribution in [0.3, 0.4) is 0 Å². The lowest BCUT2D eigenvalue weighted by Crippen LogP contribution is -2.36. The van der Waals surface area contributed by atoms with Crippen LogP contribution in [0, 0.1) is 0 Å². The van der Waals surface area contributed by atoms with Gasteiger partial charge in [-0.1, -0.05) is 0 Å². The van der Waals surface area contributed by atoms with Crippen LogP contribution in [-0.4, -0.2) is 34.5 Å². The third-order valence-electron chi connectivity index (χ3n) is 2.52. The van der Waals surface area contributed by atoms with E-state index < -0.39 is 5.97 Å². The Bertz CT molecular complexity index is 463. The Morgan fingerprint density at radius 1 is 1.50 bits per heavy atom. The van der Waals surface area contributed by atoms with Crippen LogP contribution < -0.4 is 0 Å². The summed E-state index contributed by atoms with van der Waals surface area (Å²) in [4.78, 5) is 25.1. The topological polar surface area (TPSA) is 57.6 Å². The van der Waals surface area contributed by atoms with E-state index in [9.17, 15) is 9.59 Å². The van der Waals surface area contributed by atoms with Gasteiger partial charge in [-0.25, -0.2) is 4.79 Å². The second kappa shape index (κ2) is 6.35. The fraction of sp³-hybridized carbons (Fsp3) is 0.385. The average Bonchev–Trinajstić information content (AvgIpc) is 2.74. The minimum atomic E-state index is -1.02. The summed E-state index contributed by atoms with van der Waals surface area (Å²) in [5.41, 5.74) is 0.659. The van der Waals surface area contributed by atoms with Crippen molar-refractivity contribution < 1.29 is 14.7 Å². The molecule has 0 aliphatic heterocycles. The number of rotatable bonds is 5. The van der Waals surface area contributed by atoms with Gasteiger partial charge in [-0.15, -0.1) is 11.3 Å². The Hall–Kier alpha value is -1.62. The minimum absolute atomic E-state index is 0.0486. The van der Waals surface area contributed by atoms with E-state index in [2.05, 4.69) is 0 Å². The molecule has 1 heterocycles. The van der Waals surface area contributed by atoms with E-state index in [1.807, 2.05) is 20.8 Å². The van der Waals surface area contributed by atoms with Gasteiger partial charge in [0.25, 0.3) is 5.91 Å². The third kappa shape index (κ3) is 3.43. The molecule has 0 saturated carbocycles. The lowest BCUT2D eigenvalue weighted by Gasteiger charge is -2.24. The molecule has 0 aliphatic rings. The van der Waals surface area contributed by atoms with Crippen LogP contribution in [0.4, 0.5) is 0 Å². The molecular formula is C13H17NO3S. The van der Waals surface area contributed by atoms with Crippen molar-refractivity contribution in [3.05, 3.63) is 28.0 Å². The normalized spacial score (nSPS) is 11.1. The number of carboxylic acids is 1. The fourth-order valence-corrected chi connectivity index (χ4v) is 2.50. The molecule has 1 N–H and O–H groups in total. The summed E-state index contributed by atoms with van der Waals surface area (Å²) in [6.45, 7) is 6.48. The van der Waals surface area contributed by atoms with E-state index in [0.717, 1.165) is 6.08 Å². The maximum absolute atomic E-state index is 12.3. The lowest BCUT2D eigenvalue weighted by atomic mass is 10.2. The van der Waals surface area contributed by atoms with Gasteiger partial charge >= 0.3 is 5.97 Å². The Morgan fingerprint density at radius 3 is 2.67 bits per heavy atom. The summed E-state index contributed by atoms with van der Waals surface area (Å²) >= 11 is 1.34. The molecule has 0 aromatic carbocycles. The third-order valence-corrected chi connectivity index (χ3v) is 3.44. The zero-order valence-corrected chi connectivity index (χ0v) is 11.5. The number of thiophene rings is 1. The second-order valence-corrected chi connectivity index (χ2v) is 4.98. The largest absolute Gasteiger partial charge is 0.478 e. The first-order chi connectivity index (χ1) is 8.47. The van der Waals surface area contributed by atoms with Crippen molar-refractivity contribution in [1.29, 1.82) is 0 Å². The fourth-order valence-electron chi connectivity index (χ4n) is 1.66. The zero-order chi connectivity index (χ0) is 13.7. The maximum Gasteiger partial charge on any atom is 0.328 e. The van der Waals surface area contributed by atoms with Crippen LogP contribution in [0.2, 0.25) is 0 Å². The highest BCUT2D eigenvalue weighted by atomic mass is 32.1. The molecule has 0 unspecified atom stereocenters. The summed E-state index contributed by atoms with van der Waals surface area (Å²) in [6.07, 6.45) is 2.50. The molecule has 1 aromatic heterocycles. The molecule has 0 bridgehead atoms. The van der Waals surface area contributed by atoms with E-state index in [1.165, 1.54) is 17.4 Å². The molecule has 0 fully saturated rings. The number of nitrogens with zero attached hydrogens (tertiary/aromatic N) is 1. The molecule has 5 heteroatoms. The Morgan fingerprint density at radius 2 is 2.17 bits per heavy atom. The molecule has 1 rings (SSSR count). The standard InChI is InChI=1S/C13H17NO3S/c1-4-14(9(2)3)13(17)12-10(7-8-18-12)5-6-11(15)16/h5-9H,4H2,1-3H3,(H,15,16)/b6-5+. The Balaban J connectivity index is 3.00. The van der Waals surface area contributed by atoms with Gasteiger partial charge in [0.15, 0.2) is 0 Å². The average molecular weight is 267 g/mol. The second-order valence-electron chi connectivity index (χ2n) is 4.06. The summed E-state index contributed by atoms with van der Waals surface area (Å²) in [5.74, 6) is -1.07. The summed E-state index contributed by atoms with van der Waals surface area (Å²) in [6, 6.07) is 1.88. The van der Waals surface area contributed by atoms with Crippen molar-refractivity contribution >= 4 is 29.3 Å². The number of carbonyl (C=O) groups excluding carboxylic acids is 1. The van der Waals surface area contributed by atoms with Gasteiger partial charge in [-0.2, -0.15) is 0 Å². The SMILES string of the molecule is CCN(C(=O)c1sccc1/C=C/C(=O)O)C(C)C. The highest BCUT2D eigenvalue weighted by Crippen LogP contribution is 2.21. The highest BCUT2D eigenvalue weighted by molar-refractivity contribution is 7.12. The molecule has 0 radical (unpaired) electrons. The van der Waals surface area contributed by atoms with Crippen LogP contribution in [0.15, 0.2) is 17.5 Å². The first kappa shape index (κ1) is 14.4. The van der Waals surface area contributed by atoms with Crippen molar-refractivity contribution in [3.63, 3.8) is 0 Å². The van der Waals surface area contributed by atoms with Crippen LogP contribution in [0.5, 0.6) is 0 Å². The molecule has 0 spiro atoms. The van der Waals surface area contributed by atoms with Crippen molar-refractivity contribution in [2.24, 2.45) is 0 Å².